The molecule has 1 aromatic rings. The highest BCUT2D eigenvalue weighted by molar-refractivity contribution is 5.79. The summed E-state index contributed by atoms with van der Waals surface area (Å²) in [4.78, 5) is 49.4. The highest BCUT2D eigenvalue weighted by atomic mass is 16.7. The van der Waals surface area contributed by atoms with Gasteiger partial charge in [-0.25, -0.2) is 4.79 Å². The van der Waals surface area contributed by atoms with Gasteiger partial charge in [0.1, 0.15) is 18.8 Å². The third-order valence-corrected chi connectivity index (χ3v) is 5.82. The molecule has 0 aliphatic heterocycles. The highest BCUT2D eigenvalue weighted by Gasteiger charge is 2.24. The van der Waals surface area contributed by atoms with Gasteiger partial charge in [0.2, 0.25) is 0 Å². The van der Waals surface area contributed by atoms with E-state index in [-0.39, 0.29) is 48.4 Å². The van der Waals surface area contributed by atoms with E-state index >= 15 is 0 Å². The van der Waals surface area contributed by atoms with Gasteiger partial charge in [0.15, 0.2) is 11.5 Å². The molecular weight excluding hydrogens is 518 g/mol. The molecule has 2 N–H and O–H groups in total. The molecule has 0 saturated heterocycles. The van der Waals surface area contributed by atoms with Gasteiger partial charge in [-0.2, -0.15) is 0 Å². The van der Waals surface area contributed by atoms with Crippen molar-refractivity contribution in [3.8, 4) is 11.5 Å². The summed E-state index contributed by atoms with van der Waals surface area (Å²) in [6.07, 6.45) is 1.44. The standard InChI is InChI=1S/C30H47NO9/c1-9-11-19(3)26(32)39-24-14-13-22(16-25(24)40-27(33)20(4)12-10-2)15-23(31)28(34)36-17-21(5)38-29(35)37-18-30(6,7)8/h13-14,16,19-21,23H,9-12,15,17-18,31H2,1-8H3/t19?,20?,21-,23-/m0/s1. The lowest BCUT2D eigenvalue weighted by atomic mass is 9.99. The molecule has 0 bridgehead atoms. The Morgan fingerprint density at radius 1 is 0.825 bits per heavy atom. The summed E-state index contributed by atoms with van der Waals surface area (Å²) in [7, 11) is 0. The van der Waals surface area contributed by atoms with Gasteiger partial charge in [0.25, 0.3) is 0 Å². The van der Waals surface area contributed by atoms with E-state index < -0.39 is 36.2 Å². The molecule has 0 saturated carbocycles. The number of hydrogen-bond donors (Lipinski definition) is 1. The Morgan fingerprint density at radius 2 is 1.38 bits per heavy atom. The van der Waals surface area contributed by atoms with Gasteiger partial charge in [-0.15, -0.1) is 0 Å². The van der Waals surface area contributed by atoms with Gasteiger partial charge >= 0.3 is 24.1 Å². The Balaban J connectivity index is 2.87. The van der Waals surface area contributed by atoms with Crippen LogP contribution < -0.4 is 15.2 Å². The maximum atomic E-state index is 12.6. The Hall–Kier alpha value is -3.14. The maximum Gasteiger partial charge on any atom is 0.508 e. The Bertz CT molecular complexity index is 986. The third-order valence-electron chi connectivity index (χ3n) is 5.82. The van der Waals surface area contributed by atoms with Gasteiger partial charge in [-0.1, -0.05) is 67.4 Å². The molecule has 0 aromatic heterocycles. The lowest BCUT2D eigenvalue weighted by Crippen LogP contribution is -2.36. The van der Waals surface area contributed by atoms with Crippen LogP contribution in [0, 0.1) is 17.3 Å². The first-order chi connectivity index (χ1) is 18.7. The monoisotopic (exact) mass is 565 g/mol. The van der Waals surface area contributed by atoms with Gasteiger partial charge < -0.3 is 29.4 Å². The fourth-order valence-electron chi connectivity index (χ4n) is 3.51. The van der Waals surface area contributed by atoms with E-state index in [9.17, 15) is 19.2 Å². The van der Waals surface area contributed by atoms with Crippen molar-refractivity contribution in [3.63, 3.8) is 0 Å². The minimum absolute atomic E-state index is 0.0667. The van der Waals surface area contributed by atoms with Crippen LogP contribution in [0.25, 0.3) is 0 Å². The van der Waals surface area contributed by atoms with Crippen molar-refractivity contribution in [2.45, 2.75) is 99.6 Å². The van der Waals surface area contributed by atoms with Crippen LogP contribution in [0.3, 0.4) is 0 Å². The summed E-state index contributed by atoms with van der Waals surface area (Å²) in [5.74, 6) is -2.03. The SMILES string of the molecule is CCCC(C)C(=O)Oc1ccc(C[C@H](N)C(=O)OC[C@H](C)OC(=O)OCC(C)(C)C)cc1OC(=O)C(C)CCC. The Kier molecular flexibility index (Phi) is 14.7. The summed E-state index contributed by atoms with van der Waals surface area (Å²) < 4.78 is 26.5. The van der Waals surface area contributed by atoms with E-state index in [1.807, 2.05) is 34.6 Å². The topological polar surface area (TPSA) is 140 Å². The number of rotatable bonds is 15. The van der Waals surface area contributed by atoms with E-state index in [0.29, 0.717) is 18.4 Å². The van der Waals surface area contributed by atoms with E-state index in [1.165, 1.54) is 12.1 Å². The molecule has 0 radical (unpaired) electrons. The first-order valence-corrected chi connectivity index (χ1v) is 14.0. The number of nitrogens with two attached hydrogens (primary N) is 1. The summed E-state index contributed by atoms with van der Waals surface area (Å²) in [6.45, 7) is 14.8. The van der Waals surface area contributed by atoms with Crippen molar-refractivity contribution < 1.29 is 42.9 Å². The van der Waals surface area contributed by atoms with Gasteiger partial charge in [0, 0.05) is 0 Å². The lowest BCUT2D eigenvalue weighted by Gasteiger charge is -2.19. The molecule has 1 rings (SSSR count). The maximum absolute atomic E-state index is 12.6. The van der Waals surface area contributed by atoms with Crippen molar-refractivity contribution in [1.29, 1.82) is 0 Å². The number of benzene rings is 1. The van der Waals surface area contributed by atoms with E-state index in [4.69, 9.17) is 29.4 Å². The average molecular weight is 566 g/mol. The van der Waals surface area contributed by atoms with E-state index in [1.54, 1.807) is 26.8 Å². The molecule has 0 heterocycles. The van der Waals surface area contributed by atoms with E-state index in [0.717, 1.165) is 12.8 Å². The lowest BCUT2D eigenvalue weighted by molar-refractivity contribution is -0.148. The van der Waals surface area contributed by atoms with Crippen LogP contribution in [0.2, 0.25) is 0 Å². The second-order valence-electron chi connectivity index (χ2n) is 11.5. The van der Waals surface area contributed by atoms with Gasteiger partial charge in [0.05, 0.1) is 18.4 Å². The molecule has 0 fully saturated rings. The number of hydrogen-bond acceptors (Lipinski definition) is 10. The summed E-state index contributed by atoms with van der Waals surface area (Å²) >= 11 is 0. The highest BCUT2D eigenvalue weighted by Crippen LogP contribution is 2.31. The van der Waals surface area contributed by atoms with Crippen LogP contribution in [-0.2, 0) is 35.0 Å². The summed E-state index contributed by atoms with van der Waals surface area (Å²) in [5.41, 5.74) is 6.43. The fourth-order valence-corrected chi connectivity index (χ4v) is 3.51. The predicted molar refractivity (Wildman–Crippen MR) is 150 cm³/mol. The van der Waals surface area contributed by atoms with Crippen LogP contribution >= 0.6 is 0 Å². The molecule has 226 valence electrons. The van der Waals surface area contributed by atoms with Gasteiger partial charge in [-0.3, -0.25) is 14.4 Å². The number of esters is 3. The summed E-state index contributed by atoms with van der Waals surface area (Å²) in [6, 6.07) is 3.66. The smallest absolute Gasteiger partial charge is 0.461 e. The first kappa shape index (κ1) is 34.9. The second-order valence-corrected chi connectivity index (χ2v) is 11.5. The minimum Gasteiger partial charge on any atom is -0.461 e. The first-order valence-electron chi connectivity index (χ1n) is 14.0. The molecule has 40 heavy (non-hydrogen) atoms. The largest absolute Gasteiger partial charge is 0.508 e. The molecule has 0 spiro atoms. The second kappa shape index (κ2) is 16.8. The molecule has 10 heteroatoms. The molecule has 10 nitrogen and oxygen atoms in total. The zero-order valence-corrected chi connectivity index (χ0v) is 25.2. The number of ether oxygens (including phenoxy) is 5. The minimum atomic E-state index is -1.04. The number of carbonyl (C=O) groups is 4. The van der Waals surface area contributed by atoms with Crippen LogP contribution in [0.1, 0.15) is 86.6 Å². The van der Waals surface area contributed by atoms with Crippen LogP contribution in [0.5, 0.6) is 11.5 Å². The normalized spacial score (nSPS) is 14.3. The Morgan fingerprint density at radius 3 is 1.90 bits per heavy atom. The molecule has 1 aromatic carbocycles. The molecule has 2 unspecified atom stereocenters. The average Bonchev–Trinajstić information content (AvgIpc) is 2.87. The van der Waals surface area contributed by atoms with Crippen LogP contribution in [0.15, 0.2) is 18.2 Å². The van der Waals surface area contributed by atoms with Crippen molar-refractivity contribution in [1.82, 2.24) is 0 Å². The van der Waals surface area contributed by atoms with Gasteiger partial charge in [-0.05, 0) is 49.3 Å². The fraction of sp³-hybridized carbons (Fsp3) is 0.667. The predicted octanol–water partition coefficient (Wildman–Crippen LogP) is 5.37. The number of carbonyl (C=O) groups excluding carboxylic acids is 4. The zero-order valence-electron chi connectivity index (χ0n) is 25.2. The third kappa shape index (κ3) is 13.3. The molecule has 0 aliphatic carbocycles. The Labute approximate surface area is 238 Å². The molecule has 0 amide bonds. The van der Waals surface area contributed by atoms with Crippen LogP contribution in [-0.4, -0.2) is 49.4 Å². The van der Waals surface area contributed by atoms with Crippen molar-refractivity contribution in [2.24, 2.45) is 23.0 Å². The van der Waals surface area contributed by atoms with Crippen molar-refractivity contribution >= 4 is 24.1 Å². The van der Waals surface area contributed by atoms with Crippen LogP contribution in [0.4, 0.5) is 4.79 Å². The molecule has 4 atom stereocenters. The van der Waals surface area contributed by atoms with E-state index in [2.05, 4.69) is 0 Å². The molecular formula is C30H47NO9. The summed E-state index contributed by atoms with van der Waals surface area (Å²) in [5, 5.41) is 0. The van der Waals surface area contributed by atoms with Crippen molar-refractivity contribution in [2.75, 3.05) is 13.2 Å². The zero-order chi connectivity index (χ0) is 30.5. The van der Waals surface area contributed by atoms with Crippen molar-refractivity contribution in [3.05, 3.63) is 23.8 Å². The quantitative estimate of drug-likeness (QED) is 0.218. The molecule has 0 aliphatic rings.